The molecule has 27 heavy (non-hydrogen) atoms. The van der Waals surface area contributed by atoms with Crippen LogP contribution in [0.25, 0.3) is 0 Å². The SMILES string of the molecule is C=CCc1ccc(OCC(=O)NC(Cc2ccccc2)C(N)=O)c(OC)c1. The van der Waals surface area contributed by atoms with E-state index in [1.54, 1.807) is 12.1 Å². The molecule has 0 aliphatic heterocycles. The Kier molecular flexibility index (Phi) is 7.43. The van der Waals surface area contributed by atoms with E-state index in [0.717, 1.165) is 11.1 Å². The predicted molar refractivity (Wildman–Crippen MR) is 104 cm³/mol. The summed E-state index contributed by atoms with van der Waals surface area (Å²) < 4.78 is 10.8. The lowest BCUT2D eigenvalue weighted by Gasteiger charge is -2.16. The fourth-order valence-corrected chi connectivity index (χ4v) is 2.58. The van der Waals surface area contributed by atoms with Crippen molar-refractivity contribution in [3.05, 3.63) is 72.3 Å². The zero-order valence-electron chi connectivity index (χ0n) is 15.3. The summed E-state index contributed by atoms with van der Waals surface area (Å²) in [4.78, 5) is 23.8. The summed E-state index contributed by atoms with van der Waals surface area (Å²) >= 11 is 0. The Bertz CT molecular complexity index is 790. The molecule has 0 aliphatic carbocycles. The predicted octanol–water partition coefficient (Wildman–Crippen LogP) is 2.02. The van der Waals surface area contributed by atoms with E-state index >= 15 is 0 Å². The van der Waals surface area contributed by atoms with Gasteiger partial charge in [0.25, 0.3) is 5.91 Å². The second-order valence-corrected chi connectivity index (χ2v) is 5.98. The molecule has 2 aromatic rings. The molecule has 3 N–H and O–H groups in total. The van der Waals surface area contributed by atoms with E-state index in [-0.39, 0.29) is 6.61 Å². The third-order valence-corrected chi connectivity index (χ3v) is 3.93. The molecule has 0 spiro atoms. The Morgan fingerprint density at radius 2 is 1.89 bits per heavy atom. The van der Waals surface area contributed by atoms with E-state index in [1.807, 2.05) is 42.5 Å². The van der Waals surface area contributed by atoms with Gasteiger partial charge >= 0.3 is 0 Å². The lowest BCUT2D eigenvalue weighted by molar-refractivity contribution is -0.128. The molecule has 0 saturated heterocycles. The number of carbonyl (C=O) groups is 2. The molecule has 1 unspecified atom stereocenters. The van der Waals surface area contributed by atoms with Gasteiger partial charge in [-0.25, -0.2) is 0 Å². The number of nitrogens with two attached hydrogens (primary N) is 1. The third kappa shape index (κ3) is 6.18. The fraction of sp³-hybridized carbons (Fsp3) is 0.238. The normalized spacial score (nSPS) is 11.3. The van der Waals surface area contributed by atoms with Crippen LogP contribution in [0.4, 0.5) is 0 Å². The molecule has 0 bridgehead atoms. The molecule has 142 valence electrons. The van der Waals surface area contributed by atoms with Crippen molar-refractivity contribution in [3.8, 4) is 11.5 Å². The van der Waals surface area contributed by atoms with Gasteiger partial charge in [0.1, 0.15) is 6.04 Å². The molecule has 0 fully saturated rings. The van der Waals surface area contributed by atoms with Crippen molar-refractivity contribution >= 4 is 11.8 Å². The van der Waals surface area contributed by atoms with Gasteiger partial charge in [-0.3, -0.25) is 9.59 Å². The Hall–Kier alpha value is -3.28. The summed E-state index contributed by atoms with van der Waals surface area (Å²) in [6.07, 6.45) is 2.82. The molecule has 1 atom stereocenters. The highest BCUT2D eigenvalue weighted by Gasteiger charge is 2.19. The second-order valence-electron chi connectivity index (χ2n) is 5.98. The van der Waals surface area contributed by atoms with Gasteiger partial charge < -0.3 is 20.5 Å². The topological polar surface area (TPSA) is 90.6 Å². The van der Waals surface area contributed by atoms with Crippen LogP contribution in [0.1, 0.15) is 11.1 Å². The molecule has 6 heteroatoms. The summed E-state index contributed by atoms with van der Waals surface area (Å²) in [5.74, 6) is -0.0671. The highest BCUT2D eigenvalue weighted by Crippen LogP contribution is 2.28. The van der Waals surface area contributed by atoms with E-state index < -0.39 is 17.9 Å². The Morgan fingerprint density at radius 3 is 2.52 bits per heavy atom. The third-order valence-electron chi connectivity index (χ3n) is 3.93. The lowest BCUT2D eigenvalue weighted by Crippen LogP contribution is -2.47. The minimum atomic E-state index is -0.805. The number of rotatable bonds is 10. The number of ether oxygens (including phenoxy) is 2. The van der Waals surface area contributed by atoms with Crippen LogP contribution >= 0.6 is 0 Å². The van der Waals surface area contributed by atoms with Crippen LogP contribution in [-0.2, 0) is 22.4 Å². The van der Waals surface area contributed by atoms with Crippen LogP contribution < -0.4 is 20.5 Å². The first kappa shape index (κ1) is 20.0. The zero-order chi connectivity index (χ0) is 19.6. The fourth-order valence-electron chi connectivity index (χ4n) is 2.58. The number of amides is 2. The summed E-state index contributed by atoms with van der Waals surface area (Å²) in [6.45, 7) is 3.45. The van der Waals surface area contributed by atoms with Crippen LogP contribution in [0.2, 0.25) is 0 Å². The molecular weight excluding hydrogens is 344 g/mol. The molecule has 6 nitrogen and oxygen atoms in total. The smallest absolute Gasteiger partial charge is 0.258 e. The van der Waals surface area contributed by atoms with Crippen LogP contribution in [0.3, 0.4) is 0 Å². The monoisotopic (exact) mass is 368 g/mol. The second kappa shape index (κ2) is 10.0. The molecule has 2 aromatic carbocycles. The van der Waals surface area contributed by atoms with E-state index in [2.05, 4.69) is 11.9 Å². The summed E-state index contributed by atoms with van der Waals surface area (Å²) in [6, 6.07) is 14.0. The average Bonchev–Trinajstić information content (AvgIpc) is 2.67. The van der Waals surface area contributed by atoms with Crippen LogP contribution in [0, 0.1) is 0 Å². The van der Waals surface area contributed by atoms with Gasteiger partial charge in [0.2, 0.25) is 5.91 Å². The number of nitrogens with one attached hydrogen (secondary N) is 1. The standard InChI is InChI=1S/C21H24N2O4/c1-3-7-15-10-11-18(19(13-15)26-2)27-14-20(24)23-17(21(22)25)12-16-8-5-4-6-9-16/h3-6,8-11,13,17H,1,7,12,14H2,2H3,(H2,22,25)(H,23,24). The minimum absolute atomic E-state index is 0.254. The molecule has 0 radical (unpaired) electrons. The Morgan fingerprint density at radius 1 is 1.15 bits per heavy atom. The van der Waals surface area contributed by atoms with Gasteiger partial charge in [-0.05, 0) is 29.7 Å². The van der Waals surface area contributed by atoms with Crippen molar-refractivity contribution in [3.63, 3.8) is 0 Å². The first-order valence-corrected chi connectivity index (χ1v) is 8.56. The quantitative estimate of drug-likeness (QED) is 0.628. The van der Waals surface area contributed by atoms with E-state index in [1.165, 1.54) is 7.11 Å². The number of methoxy groups -OCH3 is 1. The number of primary amides is 1. The summed E-state index contributed by atoms with van der Waals surface area (Å²) in [5.41, 5.74) is 7.34. The Labute approximate surface area is 159 Å². The van der Waals surface area contributed by atoms with Crippen molar-refractivity contribution in [2.24, 2.45) is 5.73 Å². The number of allylic oxidation sites excluding steroid dienone is 1. The highest BCUT2D eigenvalue weighted by atomic mass is 16.5. The van der Waals surface area contributed by atoms with Crippen LogP contribution in [-0.4, -0.2) is 31.6 Å². The van der Waals surface area contributed by atoms with Gasteiger partial charge in [0.15, 0.2) is 18.1 Å². The largest absolute Gasteiger partial charge is 0.493 e. The first-order chi connectivity index (χ1) is 13.0. The lowest BCUT2D eigenvalue weighted by atomic mass is 10.1. The average molecular weight is 368 g/mol. The van der Waals surface area contributed by atoms with E-state index in [9.17, 15) is 9.59 Å². The molecule has 0 aliphatic rings. The first-order valence-electron chi connectivity index (χ1n) is 8.56. The molecule has 0 aromatic heterocycles. The van der Waals surface area contributed by atoms with Crippen molar-refractivity contribution in [2.45, 2.75) is 18.9 Å². The molecule has 0 saturated carbocycles. The van der Waals surface area contributed by atoms with Crippen molar-refractivity contribution in [2.75, 3.05) is 13.7 Å². The van der Waals surface area contributed by atoms with Gasteiger partial charge in [-0.2, -0.15) is 0 Å². The van der Waals surface area contributed by atoms with Crippen molar-refractivity contribution in [1.82, 2.24) is 5.32 Å². The summed E-state index contributed by atoms with van der Waals surface area (Å²) in [5, 5.41) is 2.61. The van der Waals surface area contributed by atoms with Crippen LogP contribution in [0.5, 0.6) is 11.5 Å². The van der Waals surface area contributed by atoms with E-state index in [4.69, 9.17) is 15.2 Å². The van der Waals surface area contributed by atoms with Crippen LogP contribution in [0.15, 0.2) is 61.2 Å². The summed E-state index contributed by atoms with van der Waals surface area (Å²) in [7, 11) is 1.53. The number of benzene rings is 2. The zero-order valence-corrected chi connectivity index (χ0v) is 15.3. The minimum Gasteiger partial charge on any atom is -0.493 e. The van der Waals surface area contributed by atoms with Gasteiger partial charge in [0, 0.05) is 6.42 Å². The highest BCUT2D eigenvalue weighted by molar-refractivity contribution is 5.87. The Balaban J connectivity index is 1.96. The number of hydrogen-bond donors (Lipinski definition) is 2. The maximum Gasteiger partial charge on any atom is 0.258 e. The van der Waals surface area contributed by atoms with Gasteiger partial charge in [-0.1, -0.05) is 42.5 Å². The molecular formula is C21H24N2O4. The molecule has 2 rings (SSSR count). The maximum atomic E-state index is 12.2. The molecule has 0 heterocycles. The molecule has 2 amide bonds. The number of carbonyl (C=O) groups excluding carboxylic acids is 2. The number of hydrogen-bond acceptors (Lipinski definition) is 4. The van der Waals surface area contributed by atoms with Crippen molar-refractivity contribution < 1.29 is 19.1 Å². The maximum absolute atomic E-state index is 12.2. The van der Waals surface area contributed by atoms with Crippen molar-refractivity contribution in [1.29, 1.82) is 0 Å². The van der Waals surface area contributed by atoms with Gasteiger partial charge in [0.05, 0.1) is 7.11 Å². The van der Waals surface area contributed by atoms with Gasteiger partial charge in [-0.15, -0.1) is 6.58 Å². The van der Waals surface area contributed by atoms with E-state index in [0.29, 0.717) is 24.3 Å².